The minimum atomic E-state index is -0.700. The fourth-order valence-electron chi connectivity index (χ4n) is 0.985. The lowest BCUT2D eigenvalue weighted by atomic mass is 10.3. The highest BCUT2D eigenvalue weighted by Crippen LogP contribution is 2.04. The molecule has 0 unspecified atom stereocenters. The summed E-state index contributed by atoms with van der Waals surface area (Å²) in [5.74, 6) is -1.40. The molecule has 5 heteroatoms. The molecule has 0 atom stereocenters. The number of ether oxygens (including phenoxy) is 3. The molecule has 0 bridgehead atoms. The third-order valence-electron chi connectivity index (χ3n) is 1.84. The van der Waals surface area contributed by atoms with Gasteiger partial charge >= 0.3 is 11.9 Å². The first-order valence-electron chi connectivity index (χ1n) is 6.33. The fraction of sp³-hybridized carbons (Fsp3) is 0.692. The van der Waals surface area contributed by atoms with E-state index in [-0.39, 0.29) is 18.8 Å². The number of carbonyl (C=O) groups is 2. The van der Waals surface area contributed by atoms with Gasteiger partial charge in [0.1, 0.15) is 6.26 Å². The predicted octanol–water partition coefficient (Wildman–Crippen LogP) is 2.20. The van der Waals surface area contributed by atoms with Crippen molar-refractivity contribution in [2.75, 3.05) is 19.8 Å². The van der Waals surface area contributed by atoms with Crippen LogP contribution in [0.1, 0.15) is 40.0 Å². The summed E-state index contributed by atoms with van der Waals surface area (Å²) in [5, 5.41) is 0. The van der Waals surface area contributed by atoms with E-state index in [1.54, 1.807) is 0 Å². The second-order valence-corrected chi connectivity index (χ2v) is 3.67. The zero-order chi connectivity index (χ0) is 13.8. The molecular weight excluding hydrogens is 236 g/mol. The highest BCUT2D eigenvalue weighted by molar-refractivity contribution is 6.13. The van der Waals surface area contributed by atoms with Crippen molar-refractivity contribution in [2.45, 2.75) is 40.0 Å². The van der Waals surface area contributed by atoms with Gasteiger partial charge in [-0.05, 0) is 19.3 Å². The molecule has 18 heavy (non-hydrogen) atoms. The van der Waals surface area contributed by atoms with Crippen LogP contribution in [0.5, 0.6) is 0 Å². The van der Waals surface area contributed by atoms with Crippen molar-refractivity contribution in [2.24, 2.45) is 0 Å². The summed E-state index contributed by atoms with van der Waals surface area (Å²) in [7, 11) is 0. The number of esters is 2. The summed E-state index contributed by atoms with van der Waals surface area (Å²) in [6.07, 6.45) is 3.30. The second kappa shape index (κ2) is 10.6. The van der Waals surface area contributed by atoms with E-state index in [9.17, 15) is 9.59 Å². The Morgan fingerprint density at radius 3 is 1.67 bits per heavy atom. The van der Waals surface area contributed by atoms with Crippen LogP contribution in [0.25, 0.3) is 0 Å². The van der Waals surface area contributed by atoms with Gasteiger partial charge in [0.2, 0.25) is 0 Å². The highest BCUT2D eigenvalue weighted by Gasteiger charge is 2.22. The number of carbonyl (C=O) groups excluding carboxylic acids is 2. The van der Waals surface area contributed by atoms with Crippen LogP contribution in [0.2, 0.25) is 0 Å². The molecule has 0 rings (SSSR count). The Labute approximate surface area is 108 Å². The highest BCUT2D eigenvalue weighted by atomic mass is 16.6. The maximum absolute atomic E-state index is 11.6. The molecule has 0 amide bonds. The van der Waals surface area contributed by atoms with E-state index in [0.717, 1.165) is 12.7 Å². The molecule has 0 saturated carbocycles. The normalized spacial score (nSPS) is 9.50. The molecule has 0 aliphatic carbocycles. The zero-order valence-electron chi connectivity index (χ0n) is 11.4. The first-order valence-corrected chi connectivity index (χ1v) is 6.33. The van der Waals surface area contributed by atoms with Gasteiger partial charge in [-0.15, -0.1) is 0 Å². The standard InChI is InChI=1S/C13H22O5/c1-4-7-16-10-11(12(14)17-8-5-2)13(15)18-9-6-3/h10H,4-9H2,1-3H3. The van der Waals surface area contributed by atoms with Gasteiger partial charge in [-0.25, -0.2) is 9.59 Å². The summed E-state index contributed by atoms with van der Waals surface area (Å²) in [5.41, 5.74) is -0.189. The summed E-state index contributed by atoms with van der Waals surface area (Å²) >= 11 is 0. The topological polar surface area (TPSA) is 61.8 Å². The second-order valence-electron chi connectivity index (χ2n) is 3.67. The van der Waals surface area contributed by atoms with Crippen LogP contribution in [-0.2, 0) is 23.8 Å². The number of rotatable bonds is 9. The van der Waals surface area contributed by atoms with Crippen LogP contribution in [-0.4, -0.2) is 31.8 Å². The first kappa shape index (κ1) is 16.5. The van der Waals surface area contributed by atoms with Gasteiger partial charge in [-0.1, -0.05) is 20.8 Å². The molecule has 0 fully saturated rings. The predicted molar refractivity (Wildman–Crippen MR) is 66.8 cm³/mol. The van der Waals surface area contributed by atoms with Crippen LogP contribution < -0.4 is 0 Å². The first-order chi connectivity index (χ1) is 8.67. The Kier molecular flexibility index (Phi) is 9.73. The third-order valence-corrected chi connectivity index (χ3v) is 1.84. The van der Waals surface area contributed by atoms with Crippen molar-refractivity contribution in [1.29, 1.82) is 0 Å². The van der Waals surface area contributed by atoms with Crippen LogP contribution in [0, 0.1) is 0 Å². The summed E-state index contributed by atoms with van der Waals surface area (Å²) < 4.78 is 14.9. The Morgan fingerprint density at radius 2 is 1.28 bits per heavy atom. The molecule has 5 nitrogen and oxygen atoms in total. The van der Waals surface area contributed by atoms with Crippen molar-refractivity contribution in [1.82, 2.24) is 0 Å². The van der Waals surface area contributed by atoms with Crippen LogP contribution in [0.3, 0.4) is 0 Å². The SMILES string of the molecule is CCCOC=C(C(=O)OCCC)C(=O)OCCC. The molecule has 0 N–H and O–H groups in total. The third kappa shape index (κ3) is 6.93. The van der Waals surface area contributed by atoms with E-state index in [1.807, 2.05) is 20.8 Å². The van der Waals surface area contributed by atoms with Crippen LogP contribution in [0.4, 0.5) is 0 Å². The Balaban J connectivity index is 4.54. The largest absolute Gasteiger partial charge is 0.500 e. The summed E-state index contributed by atoms with van der Waals surface area (Å²) in [6.45, 7) is 6.65. The Morgan fingerprint density at radius 1 is 0.833 bits per heavy atom. The molecule has 0 aromatic rings. The zero-order valence-corrected chi connectivity index (χ0v) is 11.4. The van der Waals surface area contributed by atoms with Crippen molar-refractivity contribution in [3.63, 3.8) is 0 Å². The lowest BCUT2D eigenvalue weighted by Crippen LogP contribution is -2.19. The number of hydrogen-bond donors (Lipinski definition) is 0. The molecule has 0 radical (unpaired) electrons. The van der Waals surface area contributed by atoms with Crippen LogP contribution >= 0.6 is 0 Å². The molecule has 0 aromatic heterocycles. The maximum Gasteiger partial charge on any atom is 0.348 e. The minimum absolute atomic E-state index is 0.189. The van der Waals surface area contributed by atoms with E-state index in [2.05, 4.69) is 0 Å². The van der Waals surface area contributed by atoms with E-state index in [1.165, 1.54) is 0 Å². The van der Waals surface area contributed by atoms with Gasteiger partial charge in [0.05, 0.1) is 19.8 Å². The van der Waals surface area contributed by atoms with Crippen molar-refractivity contribution in [3.8, 4) is 0 Å². The lowest BCUT2D eigenvalue weighted by molar-refractivity contribution is -0.147. The lowest BCUT2D eigenvalue weighted by Gasteiger charge is -2.08. The fourth-order valence-corrected chi connectivity index (χ4v) is 0.985. The van der Waals surface area contributed by atoms with Crippen molar-refractivity contribution in [3.05, 3.63) is 11.8 Å². The smallest absolute Gasteiger partial charge is 0.348 e. The molecule has 0 spiro atoms. The van der Waals surface area contributed by atoms with Crippen molar-refractivity contribution < 1.29 is 23.8 Å². The summed E-state index contributed by atoms with van der Waals surface area (Å²) in [6, 6.07) is 0. The monoisotopic (exact) mass is 258 g/mol. The molecule has 0 aliphatic rings. The minimum Gasteiger partial charge on any atom is -0.500 e. The van der Waals surface area contributed by atoms with E-state index in [0.29, 0.717) is 19.4 Å². The van der Waals surface area contributed by atoms with E-state index < -0.39 is 11.9 Å². The number of hydrogen-bond acceptors (Lipinski definition) is 5. The maximum atomic E-state index is 11.6. The molecule has 0 aromatic carbocycles. The van der Waals surface area contributed by atoms with Crippen molar-refractivity contribution >= 4 is 11.9 Å². The van der Waals surface area contributed by atoms with Gasteiger partial charge in [0, 0.05) is 0 Å². The molecule has 0 aliphatic heterocycles. The van der Waals surface area contributed by atoms with Gasteiger partial charge in [0.25, 0.3) is 0 Å². The molecule has 0 saturated heterocycles. The van der Waals surface area contributed by atoms with Gasteiger partial charge in [0.15, 0.2) is 5.57 Å². The Hall–Kier alpha value is -1.52. The Bertz CT molecular complexity index is 261. The average molecular weight is 258 g/mol. The summed E-state index contributed by atoms with van der Waals surface area (Å²) in [4.78, 5) is 23.3. The molecule has 104 valence electrons. The van der Waals surface area contributed by atoms with E-state index in [4.69, 9.17) is 14.2 Å². The van der Waals surface area contributed by atoms with Gasteiger partial charge in [-0.2, -0.15) is 0 Å². The van der Waals surface area contributed by atoms with E-state index >= 15 is 0 Å². The van der Waals surface area contributed by atoms with Gasteiger partial charge < -0.3 is 14.2 Å². The molecular formula is C13H22O5. The van der Waals surface area contributed by atoms with Crippen LogP contribution in [0.15, 0.2) is 11.8 Å². The quantitative estimate of drug-likeness (QED) is 0.158. The van der Waals surface area contributed by atoms with Gasteiger partial charge in [-0.3, -0.25) is 0 Å². The molecule has 0 heterocycles. The average Bonchev–Trinajstić information content (AvgIpc) is 2.38.